The van der Waals surface area contributed by atoms with Crippen LogP contribution in [0.25, 0.3) is 0 Å². The lowest BCUT2D eigenvalue weighted by Crippen LogP contribution is -2.39. The number of aryl methyl sites for hydroxylation is 1. The van der Waals surface area contributed by atoms with Crippen LogP contribution in [0.3, 0.4) is 0 Å². The van der Waals surface area contributed by atoms with Gasteiger partial charge >= 0.3 is 0 Å². The molecule has 1 fully saturated rings. The van der Waals surface area contributed by atoms with Gasteiger partial charge in [0.2, 0.25) is 0 Å². The van der Waals surface area contributed by atoms with Gasteiger partial charge in [-0.2, -0.15) is 0 Å². The molecule has 1 aromatic carbocycles. The molecule has 0 radical (unpaired) electrons. The summed E-state index contributed by atoms with van der Waals surface area (Å²) >= 11 is 0. The molecule has 26 heavy (non-hydrogen) atoms. The van der Waals surface area contributed by atoms with E-state index in [1.807, 2.05) is 6.07 Å². The molecule has 1 atom stereocenters. The summed E-state index contributed by atoms with van der Waals surface area (Å²) in [6, 6.07) is 10.5. The molecule has 0 amide bonds. The molecule has 0 N–H and O–H groups in total. The van der Waals surface area contributed by atoms with E-state index < -0.39 is 0 Å². The topological polar surface area (TPSA) is 47.5 Å². The van der Waals surface area contributed by atoms with E-state index in [9.17, 15) is 0 Å². The fourth-order valence-corrected chi connectivity index (χ4v) is 3.20. The van der Waals surface area contributed by atoms with Crippen LogP contribution in [0.4, 0.5) is 5.82 Å². The third-order valence-corrected chi connectivity index (χ3v) is 4.65. The number of ether oxygens (including phenoxy) is 2. The molecule has 3 rings (SSSR count). The molecular formula is C21H29N3O2. The Labute approximate surface area is 156 Å². The van der Waals surface area contributed by atoms with E-state index in [1.54, 1.807) is 7.11 Å². The van der Waals surface area contributed by atoms with Crippen molar-refractivity contribution in [3.8, 4) is 0 Å². The van der Waals surface area contributed by atoms with Gasteiger partial charge < -0.3 is 14.4 Å². The number of morpholine rings is 1. The largest absolute Gasteiger partial charge is 0.378 e. The van der Waals surface area contributed by atoms with E-state index in [4.69, 9.17) is 14.5 Å². The lowest BCUT2D eigenvalue weighted by Gasteiger charge is -2.35. The van der Waals surface area contributed by atoms with E-state index >= 15 is 0 Å². The molecular weight excluding hydrogens is 326 g/mol. The second kappa shape index (κ2) is 7.72. The minimum absolute atomic E-state index is 0.0591. The highest BCUT2D eigenvalue weighted by molar-refractivity contribution is 5.42. The van der Waals surface area contributed by atoms with Gasteiger partial charge in [-0.1, -0.05) is 45.0 Å². The van der Waals surface area contributed by atoms with Gasteiger partial charge in [0.15, 0.2) is 0 Å². The number of benzene rings is 1. The minimum Gasteiger partial charge on any atom is -0.378 e. The van der Waals surface area contributed by atoms with Crippen LogP contribution in [0.2, 0.25) is 0 Å². The Morgan fingerprint density at radius 3 is 2.69 bits per heavy atom. The lowest BCUT2D eigenvalue weighted by atomic mass is 9.95. The average Bonchev–Trinajstić information content (AvgIpc) is 2.61. The molecule has 1 unspecified atom stereocenters. The number of anilines is 1. The second-order valence-corrected chi connectivity index (χ2v) is 7.89. The zero-order valence-corrected chi connectivity index (χ0v) is 16.5. The summed E-state index contributed by atoms with van der Waals surface area (Å²) in [7, 11) is 1.70. The molecule has 0 bridgehead atoms. The number of nitrogens with zero attached hydrogens (tertiary/aromatic N) is 3. The Kier molecular flexibility index (Phi) is 5.58. The third-order valence-electron chi connectivity index (χ3n) is 4.65. The third kappa shape index (κ3) is 4.22. The molecule has 0 aliphatic carbocycles. The molecule has 2 aromatic rings. The fraction of sp³-hybridized carbons (Fsp3) is 0.524. The van der Waals surface area contributed by atoms with Crippen LogP contribution in [0.5, 0.6) is 0 Å². The summed E-state index contributed by atoms with van der Waals surface area (Å²) < 4.78 is 11.4. The molecule has 2 heterocycles. The van der Waals surface area contributed by atoms with Crippen LogP contribution >= 0.6 is 0 Å². The second-order valence-electron chi connectivity index (χ2n) is 7.89. The lowest BCUT2D eigenvalue weighted by molar-refractivity contribution is 0.0391. The molecule has 5 nitrogen and oxygen atoms in total. The molecule has 1 aliphatic rings. The van der Waals surface area contributed by atoms with Crippen molar-refractivity contribution in [2.45, 2.75) is 45.8 Å². The average molecular weight is 355 g/mol. The van der Waals surface area contributed by atoms with Crippen LogP contribution in [-0.2, 0) is 21.5 Å². The minimum atomic E-state index is -0.111. The summed E-state index contributed by atoms with van der Waals surface area (Å²) in [5.41, 5.74) is 3.32. The van der Waals surface area contributed by atoms with Gasteiger partial charge in [0.25, 0.3) is 0 Å². The van der Waals surface area contributed by atoms with Crippen molar-refractivity contribution >= 4 is 5.82 Å². The van der Waals surface area contributed by atoms with Crippen molar-refractivity contribution in [3.05, 3.63) is 53.0 Å². The number of aromatic nitrogens is 2. The van der Waals surface area contributed by atoms with Gasteiger partial charge in [-0.25, -0.2) is 9.97 Å². The van der Waals surface area contributed by atoms with Crippen LogP contribution in [0.1, 0.15) is 49.5 Å². The zero-order valence-electron chi connectivity index (χ0n) is 16.5. The van der Waals surface area contributed by atoms with E-state index in [1.165, 1.54) is 11.1 Å². The Morgan fingerprint density at radius 2 is 2.00 bits per heavy atom. The van der Waals surface area contributed by atoms with Crippen molar-refractivity contribution in [2.75, 3.05) is 31.7 Å². The first-order valence-corrected chi connectivity index (χ1v) is 9.18. The van der Waals surface area contributed by atoms with Crippen molar-refractivity contribution in [1.82, 2.24) is 9.97 Å². The Morgan fingerprint density at radius 1 is 1.23 bits per heavy atom. The van der Waals surface area contributed by atoms with Gasteiger partial charge in [-0.05, 0) is 18.1 Å². The first kappa shape index (κ1) is 18.8. The summed E-state index contributed by atoms with van der Waals surface area (Å²) in [5, 5.41) is 0. The van der Waals surface area contributed by atoms with E-state index in [0.29, 0.717) is 13.2 Å². The molecule has 1 aliphatic heterocycles. The number of methoxy groups -OCH3 is 1. The SMILES string of the molecule is COCc1cc(N2CCOC(c3ccccc3C)C2)nc(C(C)(C)C)n1. The van der Waals surface area contributed by atoms with Gasteiger partial charge in [-0.15, -0.1) is 0 Å². The van der Waals surface area contributed by atoms with Crippen LogP contribution in [0.15, 0.2) is 30.3 Å². The van der Waals surface area contributed by atoms with Gasteiger partial charge in [0.05, 0.1) is 18.9 Å². The van der Waals surface area contributed by atoms with E-state index in [0.717, 1.165) is 30.4 Å². The first-order chi connectivity index (χ1) is 12.4. The Bertz CT molecular complexity index is 755. The Balaban J connectivity index is 1.90. The maximum Gasteiger partial charge on any atom is 0.136 e. The van der Waals surface area contributed by atoms with Crippen LogP contribution in [-0.4, -0.2) is 36.8 Å². The normalized spacial score (nSPS) is 18.2. The quantitative estimate of drug-likeness (QED) is 0.835. The summed E-state index contributed by atoms with van der Waals surface area (Å²) in [4.78, 5) is 11.9. The molecule has 1 saturated heterocycles. The molecule has 0 saturated carbocycles. The number of hydrogen-bond donors (Lipinski definition) is 0. The maximum atomic E-state index is 6.06. The molecule has 5 heteroatoms. The molecule has 0 spiro atoms. The number of rotatable bonds is 4. The van der Waals surface area contributed by atoms with Gasteiger partial charge in [0.1, 0.15) is 17.7 Å². The Hall–Kier alpha value is -1.98. The summed E-state index contributed by atoms with van der Waals surface area (Å²) in [6.45, 7) is 11.3. The van der Waals surface area contributed by atoms with Crippen molar-refractivity contribution in [3.63, 3.8) is 0 Å². The highest BCUT2D eigenvalue weighted by atomic mass is 16.5. The highest BCUT2D eigenvalue weighted by Crippen LogP contribution is 2.29. The first-order valence-electron chi connectivity index (χ1n) is 9.18. The van der Waals surface area contributed by atoms with Gasteiger partial charge in [0, 0.05) is 31.7 Å². The van der Waals surface area contributed by atoms with E-state index in [2.05, 4.69) is 61.8 Å². The maximum absolute atomic E-state index is 6.06. The predicted octanol–water partition coefficient (Wildman–Crippen LogP) is 3.81. The monoisotopic (exact) mass is 355 g/mol. The molecule has 1 aromatic heterocycles. The van der Waals surface area contributed by atoms with E-state index in [-0.39, 0.29) is 11.5 Å². The number of hydrogen-bond acceptors (Lipinski definition) is 5. The van der Waals surface area contributed by atoms with Crippen molar-refractivity contribution in [1.29, 1.82) is 0 Å². The standard InChI is InChI=1S/C21H29N3O2/c1-15-8-6-7-9-17(15)18-13-24(10-11-26-18)19-12-16(14-25-5)22-20(23-19)21(2,3)4/h6-9,12,18H,10-11,13-14H2,1-5H3. The van der Waals surface area contributed by atoms with Gasteiger partial charge in [-0.3, -0.25) is 0 Å². The summed E-state index contributed by atoms with van der Waals surface area (Å²) in [5.74, 6) is 1.81. The fourth-order valence-electron chi connectivity index (χ4n) is 3.20. The van der Waals surface area contributed by atoms with Crippen LogP contribution < -0.4 is 4.90 Å². The highest BCUT2D eigenvalue weighted by Gasteiger charge is 2.26. The zero-order chi connectivity index (χ0) is 18.7. The van der Waals surface area contributed by atoms with Crippen LogP contribution in [0, 0.1) is 6.92 Å². The molecule has 140 valence electrons. The predicted molar refractivity (Wildman–Crippen MR) is 104 cm³/mol. The summed E-state index contributed by atoms with van der Waals surface area (Å²) in [6.07, 6.45) is 0.0591. The smallest absolute Gasteiger partial charge is 0.136 e. The van der Waals surface area contributed by atoms with Crippen molar-refractivity contribution in [2.24, 2.45) is 0 Å². The van der Waals surface area contributed by atoms with Crippen molar-refractivity contribution < 1.29 is 9.47 Å².